The van der Waals surface area contributed by atoms with Crippen LogP contribution in [-0.2, 0) is 6.42 Å². The van der Waals surface area contributed by atoms with Crippen molar-refractivity contribution in [3.63, 3.8) is 0 Å². The van der Waals surface area contributed by atoms with E-state index in [1.54, 1.807) is 0 Å². The predicted molar refractivity (Wildman–Crippen MR) is 74.0 cm³/mol. The van der Waals surface area contributed by atoms with Crippen molar-refractivity contribution in [2.24, 2.45) is 0 Å². The number of benzene rings is 2. The van der Waals surface area contributed by atoms with Gasteiger partial charge in [0.2, 0.25) is 0 Å². The topological polar surface area (TPSA) is 20.2 Å². The van der Waals surface area contributed by atoms with E-state index in [4.69, 9.17) is 0 Å². The number of aliphatic hydroxyl groups excluding tert-OH is 1. The Balaban J connectivity index is 2.24. The first kappa shape index (κ1) is 14.2. The summed E-state index contributed by atoms with van der Waals surface area (Å²) < 4.78 is 26.9. The van der Waals surface area contributed by atoms with Crippen molar-refractivity contribution in [1.29, 1.82) is 0 Å². The minimum atomic E-state index is -0.860. The monoisotopic (exact) mass is 326 g/mol. The molecule has 1 nitrogen and oxygen atoms in total. The van der Waals surface area contributed by atoms with Crippen molar-refractivity contribution in [2.75, 3.05) is 6.61 Å². The molecule has 0 aliphatic heterocycles. The van der Waals surface area contributed by atoms with Crippen LogP contribution in [0.3, 0.4) is 0 Å². The summed E-state index contributed by atoms with van der Waals surface area (Å²) in [6, 6.07) is 11.4. The third kappa shape index (κ3) is 3.39. The third-order valence-corrected chi connectivity index (χ3v) is 3.75. The van der Waals surface area contributed by atoms with Gasteiger partial charge in [-0.2, -0.15) is 0 Å². The summed E-state index contributed by atoms with van der Waals surface area (Å²) in [6.45, 7) is -0.0540. The van der Waals surface area contributed by atoms with E-state index in [1.165, 1.54) is 12.1 Å². The van der Waals surface area contributed by atoms with Gasteiger partial charge in [0.1, 0.15) is 0 Å². The van der Waals surface area contributed by atoms with Crippen LogP contribution in [0.1, 0.15) is 17.0 Å². The van der Waals surface area contributed by atoms with Gasteiger partial charge in [0.25, 0.3) is 0 Å². The Kier molecular flexibility index (Phi) is 4.66. The van der Waals surface area contributed by atoms with Crippen LogP contribution in [0.25, 0.3) is 0 Å². The molecule has 1 N–H and O–H groups in total. The minimum absolute atomic E-state index is 0.0540. The first-order chi connectivity index (χ1) is 9.11. The second-order valence-corrected chi connectivity index (χ2v) is 5.21. The Labute approximate surface area is 119 Å². The molecule has 0 heterocycles. The molecule has 1 atom stereocenters. The molecule has 2 aromatic carbocycles. The van der Waals surface area contributed by atoms with Crippen molar-refractivity contribution >= 4 is 15.9 Å². The molecular formula is C15H13BrF2O. The summed E-state index contributed by atoms with van der Waals surface area (Å²) in [5, 5.41) is 9.50. The minimum Gasteiger partial charge on any atom is -0.396 e. The number of hydrogen-bond acceptors (Lipinski definition) is 1. The van der Waals surface area contributed by atoms with Crippen LogP contribution < -0.4 is 0 Å². The lowest BCUT2D eigenvalue weighted by atomic mass is 9.92. The second-order valence-electron chi connectivity index (χ2n) is 4.35. The molecular weight excluding hydrogens is 314 g/mol. The van der Waals surface area contributed by atoms with Crippen molar-refractivity contribution in [3.05, 3.63) is 69.7 Å². The fraction of sp³-hybridized carbons (Fsp3) is 0.200. The maximum absolute atomic E-state index is 13.2. The predicted octanol–water partition coefficient (Wildman–Crippen LogP) is 4.05. The largest absolute Gasteiger partial charge is 0.396 e. The van der Waals surface area contributed by atoms with Crippen molar-refractivity contribution in [1.82, 2.24) is 0 Å². The van der Waals surface area contributed by atoms with E-state index in [9.17, 15) is 13.9 Å². The van der Waals surface area contributed by atoms with Crippen LogP contribution >= 0.6 is 15.9 Å². The van der Waals surface area contributed by atoms with E-state index in [0.29, 0.717) is 12.0 Å². The molecule has 4 heteroatoms. The first-order valence-corrected chi connectivity index (χ1v) is 6.70. The summed E-state index contributed by atoms with van der Waals surface area (Å²) >= 11 is 3.43. The van der Waals surface area contributed by atoms with Crippen LogP contribution in [0.15, 0.2) is 46.9 Å². The van der Waals surface area contributed by atoms with Crippen LogP contribution in [0.2, 0.25) is 0 Å². The molecule has 0 radical (unpaired) electrons. The Hall–Kier alpha value is -1.26. The smallest absolute Gasteiger partial charge is 0.159 e. The third-order valence-electron chi connectivity index (χ3n) is 3.03. The molecule has 100 valence electrons. The van der Waals surface area contributed by atoms with E-state index in [1.807, 2.05) is 24.3 Å². The van der Waals surface area contributed by atoms with Crippen LogP contribution in [0.4, 0.5) is 8.78 Å². The highest BCUT2D eigenvalue weighted by Crippen LogP contribution is 2.27. The first-order valence-electron chi connectivity index (χ1n) is 5.91. The summed E-state index contributed by atoms with van der Waals surface area (Å²) in [7, 11) is 0. The van der Waals surface area contributed by atoms with E-state index < -0.39 is 11.6 Å². The number of hydrogen-bond donors (Lipinski definition) is 1. The molecule has 1 unspecified atom stereocenters. The lowest BCUT2D eigenvalue weighted by Gasteiger charge is -2.16. The second kappa shape index (κ2) is 6.26. The fourth-order valence-corrected chi connectivity index (χ4v) is 2.64. The van der Waals surface area contributed by atoms with Crippen molar-refractivity contribution < 1.29 is 13.9 Å². The molecule has 2 rings (SSSR count). The highest BCUT2D eigenvalue weighted by atomic mass is 79.9. The number of rotatable bonds is 4. The Morgan fingerprint density at radius 3 is 2.42 bits per heavy atom. The molecule has 0 aliphatic rings. The molecule has 0 aliphatic carbocycles. The zero-order chi connectivity index (χ0) is 13.8. The van der Waals surface area contributed by atoms with E-state index in [-0.39, 0.29) is 12.5 Å². The van der Waals surface area contributed by atoms with Gasteiger partial charge in [-0.1, -0.05) is 40.2 Å². The average molecular weight is 327 g/mol. The van der Waals surface area contributed by atoms with Gasteiger partial charge in [0.05, 0.1) is 6.61 Å². The van der Waals surface area contributed by atoms with Gasteiger partial charge < -0.3 is 5.11 Å². The van der Waals surface area contributed by atoms with Crippen LogP contribution in [0, 0.1) is 11.6 Å². The van der Waals surface area contributed by atoms with Gasteiger partial charge >= 0.3 is 0 Å². The Morgan fingerprint density at radius 2 is 1.79 bits per heavy atom. The zero-order valence-electron chi connectivity index (χ0n) is 10.1. The summed E-state index contributed by atoms with van der Waals surface area (Å²) in [4.78, 5) is 0. The standard InChI is InChI=1S/C15H13BrF2O/c16-13-4-2-1-3-12(13)11(9-19)7-10-5-6-14(17)15(18)8-10/h1-6,8,11,19H,7,9H2. The van der Waals surface area contributed by atoms with Crippen molar-refractivity contribution in [2.45, 2.75) is 12.3 Å². The molecule has 0 saturated carbocycles. The lowest BCUT2D eigenvalue weighted by molar-refractivity contribution is 0.264. The Bertz CT molecular complexity index is 572. The summed E-state index contributed by atoms with van der Waals surface area (Å²) in [5.41, 5.74) is 1.61. The van der Waals surface area contributed by atoms with Crippen LogP contribution in [0.5, 0.6) is 0 Å². The molecule has 2 aromatic rings. The normalized spacial score (nSPS) is 12.4. The number of halogens is 3. The fourth-order valence-electron chi connectivity index (χ4n) is 2.03. The number of aliphatic hydroxyl groups is 1. The van der Waals surface area contributed by atoms with Gasteiger partial charge in [-0.25, -0.2) is 8.78 Å². The molecule has 19 heavy (non-hydrogen) atoms. The average Bonchev–Trinajstić information content (AvgIpc) is 2.41. The molecule has 0 aromatic heterocycles. The summed E-state index contributed by atoms with van der Waals surface area (Å²) in [5.74, 6) is -1.87. The van der Waals surface area contributed by atoms with E-state index in [2.05, 4.69) is 15.9 Å². The molecule has 0 fully saturated rings. The van der Waals surface area contributed by atoms with E-state index >= 15 is 0 Å². The molecule has 0 bridgehead atoms. The highest BCUT2D eigenvalue weighted by molar-refractivity contribution is 9.10. The quantitative estimate of drug-likeness (QED) is 0.898. The molecule has 0 amide bonds. The van der Waals surface area contributed by atoms with Gasteiger partial charge in [-0.3, -0.25) is 0 Å². The Morgan fingerprint density at radius 1 is 1.05 bits per heavy atom. The zero-order valence-corrected chi connectivity index (χ0v) is 11.7. The maximum atomic E-state index is 13.2. The SMILES string of the molecule is OCC(Cc1ccc(F)c(F)c1)c1ccccc1Br. The van der Waals surface area contributed by atoms with Gasteiger partial charge in [-0.15, -0.1) is 0 Å². The van der Waals surface area contributed by atoms with Gasteiger partial charge in [0, 0.05) is 10.4 Å². The van der Waals surface area contributed by atoms with Crippen molar-refractivity contribution in [3.8, 4) is 0 Å². The van der Waals surface area contributed by atoms with E-state index in [0.717, 1.165) is 16.1 Å². The molecule has 0 spiro atoms. The molecule has 0 saturated heterocycles. The maximum Gasteiger partial charge on any atom is 0.159 e. The lowest BCUT2D eigenvalue weighted by Crippen LogP contribution is -2.09. The summed E-state index contributed by atoms with van der Waals surface area (Å²) in [6.07, 6.45) is 0.455. The van der Waals surface area contributed by atoms with Gasteiger partial charge in [-0.05, 0) is 35.7 Å². The van der Waals surface area contributed by atoms with Crippen LogP contribution in [-0.4, -0.2) is 11.7 Å². The van der Waals surface area contributed by atoms with Gasteiger partial charge in [0.15, 0.2) is 11.6 Å². The highest BCUT2D eigenvalue weighted by Gasteiger charge is 2.15.